The van der Waals surface area contributed by atoms with Crippen LogP contribution < -0.4 is 0 Å². The average molecular weight is 250 g/mol. The SMILES string of the molecule is Cc1cc(C(C)(C)C)ncc1-c1cccc(C#N)c1. The van der Waals surface area contributed by atoms with Gasteiger partial charge in [0.2, 0.25) is 0 Å². The maximum atomic E-state index is 8.96. The third-order valence-corrected chi connectivity index (χ3v) is 3.18. The van der Waals surface area contributed by atoms with E-state index in [-0.39, 0.29) is 5.41 Å². The molecule has 0 aliphatic rings. The lowest BCUT2D eigenvalue weighted by Crippen LogP contribution is -2.13. The molecule has 0 amide bonds. The first-order chi connectivity index (χ1) is 8.91. The number of aromatic nitrogens is 1. The molecule has 2 heteroatoms. The summed E-state index contributed by atoms with van der Waals surface area (Å²) >= 11 is 0. The van der Waals surface area contributed by atoms with E-state index in [2.05, 4.69) is 44.8 Å². The van der Waals surface area contributed by atoms with Gasteiger partial charge in [-0.25, -0.2) is 0 Å². The number of rotatable bonds is 1. The quantitative estimate of drug-likeness (QED) is 0.759. The molecule has 2 nitrogen and oxygen atoms in total. The van der Waals surface area contributed by atoms with Gasteiger partial charge in [0.25, 0.3) is 0 Å². The number of pyridine rings is 1. The van der Waals surface area contributed by atoms with Crippen LogP contribution in [0.3, 0.4) is 0 Å². The van der Waals surface area contributed by atoms with Crippen molar-refractivity contribution in [1.82, 2.24) is 4.98 Å². The lowest BCUT2D eigenvalue weighted by molar-refractivity contribution is 0.568. The summed E-state index contributed by atoms with van der Waals surface area (Å²) in [6.45, 7) is 8.56. The predicted molar refractivity (Wildman–Crippen MR) is 77.8 cm³/mol. The van der Waals surface area contributed by atoms with Crippen LogP contribution in [-0.4, -0.2) is 4.98 Å². The number of hydrogen-bond donors (Lipinski definition) is 0. The molecule has 0 spiro atoms. The summed E-state index contributed by atoms with van der Waals surface area (Å²) < 4.78 is 0. The number of aryl methyl sites for hydroxylation is 1. The van der Waals surface area contributed by atoms with Crippen LogP contribution in [0, 0.1) is 18.3 Å². The van der Waals surface area contributed by atoms with Gasteiger partial charge in [0.05, 0.1) is 11.6 Å². The monoisotopic (exact) mass is 250 g/mol. The fourth-order valence-corrected chi connectivity index (χ4v) is 2.02. The van der Waals surface area contributed by atoms with Crippen molar-refractivity contribution in [1.29, 1.82) is 5.26 Å². The summed E-state index contributed by atoms with van der Waals surface area (Å²) in [7, 11) is 0. The van der Waals surface area contributed by atoms with Crippen molar-refractivity contribution in [3.63, 3.8) is 0 Å². The molecule has 2 aromatic rings. The molecule has 0 aliphatic carbocycles. The van der Waals surface area contributed by atoms with E-state index in [1.165, 1.54) is 5.56 Å². The number of nitriles is 1. The maximum Gasteiger partial charge on any atom is 0.0991 e. The molecule has 0 fully saturated rings. The minimum Gasteiger partial charge on any atom is -0.260 e. The van der Waals surface area contributed by atoms with E-state index in [9.17, 15) is 0 Å². The third-order valence-electron chi connectivity index (χ3n) is 3.18. The molecular weight excluding hydrogens is 232 g/mol. The second kappa shape index (κ2) is 4.85. The minimum absolute atomic E-state index is 0.0534. The van der Waals surface area contributed by atoms with Gasteiger partial charge in [-0.2, -0.15) is 5.26 Å². The lowest BCUT2D eigenvalue weighted by atomic mass is 9.89. The highest BCUT2D eigenvalue weighted by Crippen LogP contribution is 2.27. The van der Waals surface area contributed by atoms with E-state index in [0.29, 0.717) is 5.56 Å². The van der Waals surface area contributed by atoms with Crippen molar-refractivity contribution >= 4 is 0 Å². The normalized spacial score (nSPS) is 11.1. The van der Waals surface area contributed by atoms with Gasteiger partial charge in [-0.15, -0.1) is 0 Å². The van der Waals surface area contributed by atoms with Crippen LogP contribution in [0.2, 0.25) is 0 Å². The van der Waals surface area contributed by atoms with Crippen LogP contribution in [0.15, 0.2) is 36.5 Å². The first kappa shape index (κ1) is 13.3. The van der Waals surface area contributed by atoms with E-state index in [0.717, 1.165) is 16.8 Å². The average Bonchev–Trinajstić information content (AvgIpc) is 2.37. The standard InChI is InChI=1S/C17H18N2/c1-12-8-16(17(2,3)4)19-11-15(12)14-7-5-6-13(9-14)10-18/h5-9,11H,1-4H3. The van der Waals surface area contributed by atoms with Gasteiger partial charge < -0.3 is 0 Å². The second-order valence-corrected chi connectivity index (χ2v) is 5.83. The van der Waals surface area contributed by atoms with Crippen LogP contribution in [-0.2, 0) is 5.41 Å². The maximum absolute atomic E-state index is 8.96. The zero-order valence-electron chi connectivity index (χ0n) is 11.9. The Morgan fingerprint density at radius 3 is 2.47 bits per heavy atom. The van der Waals surface area contributed by atoms with Gasteiger partial charge in [-0.1, -0.05) is 32.9 Å². The smallest absolute Gasteiger partial charge is 0.0991 e. The predicted octanol–water partition coefficient (Wildman–Crippen LogP) is 4.23. The van der Waals surface area contributed by atoms with E-state index in [1.807, 2.05) is 30.5 Å². The molecule has 0 atom stereocenters. The molecule has 19 heavy (non-hydrogen) atoms. The molecule has 1 aromatic heterocycles. The van der Waals surface area contributed by atoms with Crippen LogP contribution >= 0.6 is 0 Å². The molecule has 0 unspecified atom stereocenters. The van der Waals surface area contributed by atoms with Crippen molar-refractivity contribution in [2.24, 2.45) is 0 Å². The Labute approximate surface area is 114 Å². The fraction of sp³-hybridized carbons (Fsp3) is 0.294. The molecule has 0 bridgehead atoms. The highest BCUT2D eigenvalue weighted by atomic mass is 14.7. The topological polar surface area (TPSA) is 36.7 Å². The lowest BCUT2D eigenvalue weighted by Gasteiger charge is -2.19. The second-order valence-electron chi connectivity index (χ2n) is 5.83. The molecule has 0 aliphatic heterocycles. The van der Waals surface area contributed by atoms with Crippen molar-refractivity contribution in [3.8, 4) is 17.2 Å². The van der Waals surface area contributed by atoms with E-state index >= 15 is 0 Å². The summed E-state index contributed by atoms with van der Waals surface area (Å²) in [4.78, 5) is 4.56. The zero-order valence-corrected chi connectivity index (χ0v) is 11.9. The first-order valence-corrected chi connectivity index (χ1v) is 6.39. The molecule has 0 saturated heterocycles. The van der Waals surface area contributed by atoms with Gasteiger partial charge in [0.15, 0.2) is 0 Å². The zero-order chi connectivity index (χ0) is 14.0. The van der Waals surface area contributed by atoms with Crippen molar-refractivity contribution in [2.45, 2.75) is 33.1 Å². The van der Waals surface area contributed by atoms with Crippen LogP contribution in [0.25, 0.3) is 11.1 Å². The van der Waals surface area contributed by atoms with Crippen LogP contribution in [0.4, 0.5) is 0 Å². The molecule has 0 N–H and O–H groups in total. The van der Waals surface area contributed by atoms with Gasteiger partial charge in [-0.3, -0.25) is 4.98 Å². The largest absolute Gasteiger partial charge is 0.260 e. The van der Waals surface area contributed by atoms with E-state index in [4.69, 9.17) is 5.26 Å². The Hall–Kier alpha value is -2.14. The van der Waals surface area contributed by atoms with E-state index < -0.39 is 0 Å². The van der Waals surface area contributed by atoms with E-state index in [1.54, 1.807) is 0 Å². The fourth-order valence-electron chi connectivity index (χ4n) is 2.02. The number of benzene rings is 1. The highest BCUT2D eigenvalue weighted by Gasteiger charge is 2.16. The third kappa shape index (κ3) is 2.82. The molecule has 2 rings (SSSR count). The van der Waals surface area contributed by atoms with Crippen LogP contribution in [0.1, 0.15) is 37.6 Å². The Bertz CT molecular complexity index is 643. The molecule has 0 radical (unpaired) electrons. The number of hydrogen-bond acceptors (Lipinski definition) is 2. The van der Waals surface area contributed by atoms with Gasteiger partial charge in [-0.05, 0) is 36.2 Å². The summed E-state index contributed by atoms with van der Waals surface area (Å²) in [5.74, 6) is 0. The Morgan fingerprint density at radius 2 is 1.89 bits per heavy atom. The van der Waals surface area contributed by atoms with Crippen molar-refractivity contribution < 1.29 is 0 Å². The van der Waals surface area contributed by atoms with Gasteiger partial charge >= 0.3 is 0 Å². The van der Waals surface area contributed by atoms with Crippen LogP contribution in [0.5, 0.6) is 0 Å². The first-order valence-electron chi connectivity index (χ1n) is 6.39. The van der Waals surface area contributed by atoms with Gasteiger partial charge in [0, 0.05) is 22.9 Å². The Morgan fingerprint density at radius 1 is 1.16 bits per heavy atom. The molecule has 1 heterocycles. The highest BCUT2D eigenvalue weighted by molar-refractivity contribution is 5.67. The van der Waals surface area contributed by atoms with Crippen molar-refractivity contribution in [2.75, 3.05) is 0 Å². The molecule has 96 valence electrons. The summed E-state index contributed by atoms with van der Waals surface area (Å²) in [6.07, 6.45) is 1.91. The molecular formula is C17H18N2. The summed E-state index contributed by atoms with van der Waals surface area (Å²) in [5, 5.41) is 8.96. The summed E-state index contributed by atoms with van der Waals surface area (Å²) in [5.41, 5.74) is 5.14. The molecule has 1 aromatic carbocycles. The number of nitrogens with zero attached hydrogens (tertiary/aromatic N) is 2. The van der Waals surface area contributed by atoms with Gasteiger partial charge in [0.1, 0.15) is 0 Å². The molecule has 0 saturated carbocycles. The summed E-state index contributed by atoms with van der Waals surface area (Å²) in [6, 6.07) is 11.9. The van der Waals surface area contributed by atoms with Crippen molar-refractivity contribution in [3.05, 3.63) is 53.3 Å². The minimum atomic E-state index is 0.0534. The Balaban J connectivity index is 2.50. The Kier molecular flexibility index (Phi) is 3.40.